The van der Waals surface area contributed by atoms with Crippen LogP contribution in [0.1, 0.15) is 43.0 Å². The van der Waals surface area contributed by atoms with Crippen LogP contribution < -0.4 is 0 Å². The molecule has 1 aromatic heterocycles. The zero-order valence-electron chi connectivity index (χ0n) is 12.8. The van der Waals surface area contributed by atoms with Crippen molar-refractivity contribution >= 4 is 17.4 Å². The summed E-state index contributed by atoms with van der Waals surface area (Å²) in [5, 5.41) is 12.5. The maximum atomic E-state index is 11.1. The number of hydrogen-bond acceptors (Lipinski definition) is 4. The highest BCUT2D eigenvalue weighted by molar-refractivity contribution is 7.09. The fraction of sp³-hybridized carbons (Fsp3) is 0.750. The van der Waals surface area contributed by atoms with Crippen molar-refractivity contribution in [1.29, 1.82) is 0 Å². The summed E-state index contributed by atoms with van der Waals surface area (Å²) in [6, 6.07) is 0.686. The van der Waals surface area contributed by atoms with E-state index in [1.807, 2.05) is 6.20 Å². The molecule has 4 rings (SSSR count). The predicted octanol–water partition coefficient (Wildman–Crippen LogP) is 2.86. The summed E-state index contributed by atoms with van der Waals surface area (Å²) in [6.45, 7) is 3.84. The van der Waals surface area contributed by atoms with Crippen molar-refractivity contribution in [2.45, 2.75) is 44.1 Å². The molecule has 1 N–H and O–H groups in total. The van der Waals surface area contributed by atoms with Crippen molar-refractivity contribution in [3.05, 3.63) is 16.6 Å². The fourth-order valence-electron chi connectivity index (χ4n) is 4.58. The molecular formula is C16H23N3O2S. The van der Waals surface area contributed by atoms with Crippen LogP contribution in [0.4, 0.5) is 4.79 Å². The number of rotatable bonds is 2. The summed E-state index contributed by atoms with van der Waals surface area (Å²) >= 11 is 1.79. The summed E-state index contributed by atoms with van der Waals surface area (Å²) in [4.78, 5) is 19.8. The molecule has 0 bridgehead atoms. The lowest BCUT2D eigenvalue weighted by molar-refractivity contribution is -0.00385. The van der Waals surface area contributed by atoms with E-state index in [9.17, 15) is 4.79 Å². The zero-order chi connectivity index (χ0) is 15.2. The summed E-state index contributed by atoms with van der Waals surface area (Å²) in [5.74, 6) is 0.652. The van der Waals surface area contributed by atoms with Crippen LogP contribution in [0.5, 0.6) is 0 Å². The first-order chi connectivity index (χ1) is 10.7. The Morgan fingerprint density at radius 2 is 2.09 bits per heavy atom. The van der Waals surface area contributed by atoms with E-state index in [1.165, 1.54) is 43.8 Å². The quantitative estimate of drug-likeness (QED) is 0.910. The molecule has 0 atom stereocenters. The number of nitrogens with zero attached hydrogens (tertiary/aromatic N) is 3. The van der Waals surface area contributed by atoms with E-state index in [1.54, 1.807) is 16.2 Å². The maximum Gasteiger partial charge on any atom is 0.407 e. The smallest absolute Gasteiger partial charge is 0.407 e. The van der Waals surface area contributed by atoms with Gasteiger partial charge in [-0.2, -0.15) is 0 Å². The molecule has 0 unspecified atom stereocenters. The number of amides is 1. The van der Waals surface area contributed by atoms with Crippen molar-refractivity contribution in [3.8, 4) is 0 Å². The van der Waals surface area contributed by atoms with Gasteiger partial charge in [-0.15, -0.1) is 11.3 Å². The molecule has 22 heavy (non-hydrogen) atoms. The first kappa shape index (κ1) is 14.5. The molecule has 1 aromatic rings. The second-order valence-corrected chi connectivity index (χ2v) is 8.12. The van der Waals surface area contributed by atoms with Gasteiger partial charge in [0.2, 0.25) is 0 Å². The Kier molecular flexibility index (Phi) is 3.61. The lowest BCUT2D eigenvalue weighted by Gasteiger charge is -2.51. The second kappa shape index (κ2) is 5.49. The van der Waals surface area contributed by atoms with Crippen molar-refractivity contribution in [2.75, 3.05) is 26.2 Å². The van der Waals surface area contributed by atoms with Crippen molar-refractivity contribution in [1.82, 2.24) is 14.8 Å². The second-order valence-electron chi connectivity index (χ2n) is 7.20. The van der Waals surface area contributed by atoms with Crippen molar-refractivity contribution in [2.24, 2.45) is 5.41 Å². The summed E-state index contributed by atoms with van der Waals surface area (Å²) < 4.78 is 0. The molecule has 2 aliphatic heterocycles. The molecule has 1 amide bonds. The lowest BCUT2D eigenvalue weighted by atomic mass is 9.64. The molecular weight excluding hydrogens is 298 g/mol. The highest BCUT2D eigenvalue weighted by Gasteiger charge is 2.51. The normalized spacial score (nSPS) is 33.3. The van der Waals surface area contributed by atoms with Gasteiger partial charge in [-0.1, -0.05) is 0 Å². The standard InChI is InChI=1S/C16H23N3O2S/c20-15(21)19-7-3-16(11-19)9-13(10-16)18-5-1-12(2-6-18)14-17-4-8-22-14/h4,8,12-13H,1-3,5-7,9-11H2,(H,20,21). The molecule has 0 aromatic carbocycles. The third-order valence-electron chi connectivity index (χ3n) is 5.89. The van der Waals surface area contributed by atoms with E-state index in [2.05, 4.69) is 15.3 Å². The molecule has 3 heterocycles. The van der Waals surface area contributed by atoms with Gasteiger partial charge < -0.3 is 14.9 Å². The first-order valence-electron chi connectivity index (χ1n) is 8.27. The monoisotopic (exact) mass is 321 g/mol. The number of thiazole rings is 1. The molecule has 1 aliphatic carbocycles. The van der Waals surface area contributed by atoms with E-state index in [4.69, 9.17) is 5.11 Å². The van der Waals surface area contributed by atoms with Crippen LogP contribution in [-0.2, 0) is 0 Å². The molecule has 0 radical (unpaired) electrons. The van der Waals surface area contributed by atoms with Crippen LogP contribution in [0, 0.1) is 5.41 Å². The van der Waals surface area contributed by atoms with Gasteiger partial charge in [0.15, 0.2) is 0 Å². The number of carbonyl (C=O) groups is 1. The number of hydrogen-bond donors (Lipinski definition) is 1. The summed E-state index contributed by atoms with van der Waals surface area (Å²) in [7, 11) is 0. The molecule has 6 heteroatoms. The molecule has 1 saturated carbocycles. The lowest BCUT2D eigenvalue weighted by Crippen LogP contribution is -2.54. The van der Waals surface area contributed by atoms with Gasteiger partial charge >= 0.3 is 6.09 Å². The molecule has 5 nitrogen and oxygen atoms in total. The summed E-state index contributed by atoms with van der Waals surface area (Å²) in [5.41, 5.74) is 0.301. The highest BCUT2D eigenvalue weighted by atomic mass is 32.1. The van der Waals surface area contributed by atoms with Crippen LogP contribution in [0.15, 0.2) is 11.6 Å². The van der Waals surface area contributed by atoms with E-state index < -0.39 is 6.09 Å². The van der Waals surface area contributed by atoms with E-state index in [0.29, 0.717) is 17.4 Å². The Hall–Kier alpha value is -1.14. The van der Waals surface area contributed by atoms with Crippen LogP contribution in [-0.4, -0.2) is 58.2 Å². The number of likely N-dealkylation sites (tertiary alicyclic amines) is 2. The molecule has 2 saturated heterocycles. The third-order valence-corrected chi connectivity index (χ3v) is 6.83. The van der Waals surface area contributed by atoms with Crippen LogP contribution >= 0.6 is 11.3 Å². The van der Waals surface area contributed by atoms with Gasteiger partial charge in [-0.05, 0) is 50.6 Å². The predicted molar refractivity (Wildman–Crippen MR) is 85.3 cm³/mol. The number of aromatic nitrogens is 1. The average molecular weight is 321 g/mol. The van der Waals surface area contributed by atoms with E-state index in [-0.39, 0.29) is 0 Å². The topological polar surface area (TPSA) is 56.7 Å². The summed E-state index contributed by atoms with van der Waals surface area (Å²) in [6.07, 6.45) is 7.06. The Morgan fingerprint density at radius 3 is 2.68 bits per heavy atom. The Labute approximate surface area is 134 Å². The molecule has 3 aliphatic rings. The SMILES string of the molecule is O=C(O)N1CCC2(CC(N3CCC(c4nccs4)CC3)C2)C1. The molecule has 1 spiro atoms. The number of piperidine rings is 1. The average Bonchev–Trinajstić information content (AvgIpc) is 3.15. The third kappa shape index (κ3) is 2.52. The van der Waals surface area contributed by atoms with Crippen molar-refractivity contribution in [3.63, 3.8) is 0 Å². The maximum absolute atomic E-state index is 11.1. The van der Waals surface area contributed by atoms with Crippen LogP contribution in [0.2, 0.25) is 0 Å². The largest absolute Gasteiger partial charge is 0.465 e. The van der Waals surface area contributed by atoms with Crippen LogP contribution in [0.25, 0.3) is 0 Å². The highest BCUT2D eigenvalue weighted by Crippen LogP contribution is 2.50. The van der Waals surface area contributed by atoms with Crippen LogP contribution in [0.3, 0.4) is 0 Å². The van der Waals surface area contributed by atoms with Gasteiger partial charge in [-0.3, -0.25) is 0 Å². The Bertz CT molecular complexity index is 534. The van der Waals surface area contributed by atoms with Gasteiger partial charge in [0.25, 0.3) is 0 Å². The molecule has 120 valence electrons. The Balaban J connectivity index is 1.27. The van der Waals surface area contributed by atoms with Gasteiger partial charge in [0.1, 0.15) is 0 Å². The van der Waals surface area contributed by atoms with E-state index in [0.717, 1.165) is 19.5 Å². The van der Waals surface area contributed by atoms with Crippen molar-refractivity contribution < 1.29 is 9.90 Å². The minimum Gasteiger partial charge on any atom is -0.465 e. The van der Waals surface area contributed by atoms with E-state index >= 15 is 0 Å². The zero-order valence-corrected chi connectivity index (χ0v) is 13.6. The van der Waals surface area contributed by atoms with Gasteiger partial charge in [0, 0.05) is 36.6 Å². The minimum absolute atomic E-state index is 0.301. The van der Waals surface area contributed by atoms with Gasteiger partial charge in [-0.25, -0.2) is 9.78 Å². The first-order valence-corrected chi connectivity index (χ1v) is 9.14. The fourth-order valence-corrected chi connectivity index (χ4v) is 5.39. The Morgan fingerprint density at radius 1 is 1.32 bits per heavy atom. The number of carboxylic acid groups (broad SMARTS) is 1. The minimum atomic E-state index is -0.746. The molecule has 3 fully saturated rings. The van der Waals surface area contributed by atoms with Gasteiger partial charge in [0.05, 0.1) is 5.01 Å².